The molecule has 0 saturated carbocycles. The molecule has 1 N–H and O–H groups in total. The van der Waals surface area contributed by atoms with E-state index in [0.29, 0.717) is 12.2 Å². The Labute approximate surface area is 189 Å². The molecule has 0 radical (unpaired) electrons. The van der Waals surface area contributed by atoms with Gasteiger partial charge in [-0.2, -0.15) is 0 Å². The molecule has 0 unspecified atom stereocenters. The number of benzene rings is 1. The molecule has 0 aliphatic carbocycles. The van der Waals surface area contributed by atoms with Gasteiger partial charge in [0.1, 0.15) is 0 Å². The molecule has 0 atom stereocenters. The van der Waals surface area contributed by atoms with Crippen molar-refractivity contribution >= 4 is 21.4 Å². The molecule has 1 aliphatic heterocycles. The lowest BCUT2D eigenvalue weighted by Gasteiger charge is -2.35. The van der Waals surface area contributed by atoms with E-state index in [1.807, 2.05) is 47.3 Å². The van der Waals surface area contributed by atoms with Crippen LogP contribution in [-0.2, 0) is 23.1 Å². The van der Waals surface area contributed by atoms with Crippen molar-refractivity contribution in [2.45, 2.75) is 32.2 Å². The Morgan fingerprint density at radius 2 is 1.81 bits per heavy atom. The highest BCUT2D eigenvalue weighted by molar-refractivity contribution is 7.93. The Bertz CT molecular complexity index is 1120. The van der Waals surface area contributed by atoms with E-state index in [0.717, 1.165) is 49.8 Å². The second-order valence-electron chi connectivity index (χ2n) is 8.24. The van der Waals surface area contributed by atoms with Gasteiger partial charge in [-0.05, 0) is 44.2 Å². The summed E-state index contributed by atoms with van der Waals surface area (Å²) in [4.78, 5) is 8.97. The topological polar surface area (TPSA) is 96.2 Å². The van der Waals surface area contributed by atoms with E-state index in [-0.39, 0.29) is 0 Å². The van der Waals surface area contributed by atoms with Crippen molar-refractivity contribution in [3.63, 3.8) is 0 Å². The van der Waals surface area contributed by atoms with Gasteiger partial charge in [0.2, 0.25) is 10.0 Å². The normalized spacial score (nSPS) is 15.3. The van der Waals surface area contributed by atoms with Gasteiger partial charge in [0, 0.05) is 44.6 Å². The van der Waals surface area contributed by atoms with Gasteiger partial charge in [0.25, 0.3) is 0 Å². The Morgan fingerprint density at radius 3 is 2.53 bits per heavy atom. The van der Waals surface area contributed by atoms with Crippen LogP contribution in [0.4, 0.5) is 11.4 Å². The lowest BCUT2D eigenvalue weighted by Crippen LogP contribution is -2.46. The molecule has 1 aromatic carbocycles. The Kier molecular flexibility index (Phi) is 6.71. The highest BCUT2D eigenvalue weighted by Gasteiger charge is 2.20. The van der Waals surface area contributed by atoms with E-state index in [2.05, 4.69) is 29.8 Å². The number of aromatic nitrogens is 4. The van der Waals surface area contributed by atoms with Crippen molar-refractivity contribution in [2.24, 2.45) is 0 Å². The van der Waals surface area contributed by atoms with Gasteiger partial charge in [0.15, 0.2) is 0 Å². The van der Waals surface area contributed by atoms with Crippen LogP contribution < -0.4 is 9.62 Å². The molecule has 1 saturated heterocycles. The number of rotatable bonds is 8. The van der Waals surface area contributed by atoms with Crippen LogP contribution in [0.2, 0.25) is 0 Å². The Balaban J connectivity index is 1.31. The maximum atomic E-state index is 12.2. The van der Waals surface area contributed by atoms with Crippen LogP contribution in [-0.4, -0.2) is 64.7 Å². The molecule has 2 aromatic heterocycles. The van der Waals surface area contributed by atoms with Crippen LogP contribution in [0.3, 0.4) is 0 Å². The molecule has 32 heavy (non-hydrogen) atoms. The summed E-state index contributed by atoms with van der Waals surface area (Å²) in [5.41, 5.74) is 3.52. The summed E-state index contributed by atoms with van der Waals surface area (Å²) in [6, 6.07) is 13.4. The number of sulfonamides is 1. The summed E-state index contributed by atoms with van der Waals surface area (Å²) in [5.74, 6) is 0. The minimum Gasteiger partial charge on any atom is -0.369 e. The van der Waals surface area contributed by atoms with E-state index in [1.165, 1.54) is 0 Å². The van der Waals surface area contributed by atoms with Gasteiger partial charge in [-0.3, -0.25) is 14.6 Å². The fourth-order valence-electron chi connectivity index (χ4n) is 3.59. The number of hydrogen-bond acceptors (Lipinski definition) is 7. The summed E-state index contributed by atoms with van der Waals surface area (Å²) in [6.07, 6.45) is 3.76. The van der Waals surface area contributed by atoms with E-state index in [4.69, 9.17) is 0 Å². The first-order valence-electron chi connectivity index (χ1n) is 10.8. The van der Waals surface area contributed by atoms with Gasteiger partial charge in [-0.1, -0.05) is 17.3 Å². The number of anilines is 2. The number of hydrogen-bond donors (Lipinski definition) is 1. The summed E-state index contributed by atoms with van der Waals surface area (Å²) in [6.45, 7) is 8.23. The van der Waals surface area contributed by atoms with Gasteiger partial charge < -0.3 is 4.90 Å². The van der Waals surface area contributed by atoms with Crippen molar-refractivity contribution in [3.05, 3.63) is 66.2 Å². The highest BCUT2D eigenvalue weighted by Crippen LogP contribution is 2.22. The summed E-state index contributed by atoms with van der Waals surface area (Å²) in [5, 5.41) is 8.06. The van der Waals surface area contributed by atoms with Crippen LogP contribution in [0.1, 0.15) is 25.2 Å². The molecule has 3 aromatic rings. The SMILES string of the molecule is CC(C)S(=O)(=O)Nc1cccc(N2CCN(Cc3cn(Cc4ccccn4)nn3)CC2)c1. The van der Waals surface area contributed by atoms with Crippen molar-refractivity contribution in [1.29, 1.82) is 0 Å². The highest BCUT2D eigenvalue weighted by atomic mass is 32.2. The maximum Gasteiger partial charge on any atom is 0.235 e. The van der Waals surface area contributed by atoms with E-state index in [1.54, 1.807) is 26.1 Å². The quantitative estimate of drug-likeness (QED) is 0.556. The first-order chi connectivity index (χ1) is 15.4. The third kappa shape index (κ3) is 5.63. The van der Waals surface area contributed by atoms with E-state index < -0.39 is 15.3 Å². The lowest BCUT2D eigenvalue weighted by atomic mass is 10.2. The molecule has 3 heterocycles. The molecule has 170 valence electrons. The third-order valence-corrected chi connectivity index (χ3v) is 7.25. The summed E-state index contributed by atoms with van der Waals surface area (Å²) >= 11 is 0. The summed E-state index contributed by atoms with van der Waals surface area (Å²) in [7, 11) is -3.36. The number of nitrogens with one attached hydrogen (secondary N) is 1. The van der Waals surface area contributed by atoms with Gasteiger partial charge in [-0.15, -0.1) is 5.10 Å². The number of nitrogens with zero attached hydrogens (tertiary/aromatic N) is 6. The zero-order valence-electron chi connectivity index (χ0n) is 18.4. The maximum absolute atomic E-state index is 12.2. The Morgan fingerprint density at radius 1 is 1.00 bits per heavy atom. The van der Waals surface area contributed by atoms with Crippen molar-refractivity contribution in [3.8, 4) is 0 Å². The lowest BCUT2D eigenvalue weighted by molar-refractivity contribution is 0.247. The molecule has 0 amide bonds. The first kappa shape index (κ1) is 22.2. The molecule has 1 fully saturated rings. The third-order valence-electron chi connectivity index (χ3n) is 5.49. The smallest absolute Gasteiger partial charge is 0.235 e. The van der Waals surface area contributed by atoms with E-state index >= 15 is 0 Å². The van der Waals surface area contributed by atoms with Crippen molar-refractivity contribution in [2.75, 3.05) is 35.8 Å². The average molecular weight is 456 g/mol. The minimum absolute atomic E-state index is 0.475. The minimum atomic E-state index is -3.36. The molecule has 4 rings (SSSR count). The van der Waals surface area contributed by atoms with Crippen LogP contribution in [0.15, 0.2) is 54.9 Å². The van der Waals surface area contributed by atoms with Crippen LogP contribution in [0, 0.1) is 0 Å². The summed E-state index contributed by atoms with van der Waals surface area (Å²) < 4.78 is 28.8. The largest absolute Gasteiger partial charge is 0.369 e. The van der Waals surface area contributed by atoms with Gasteiger partial charge in [0.05, 0.1) is 35.1 Å². The standard InChI is InChI=1S/C22H29N7O2S/c1-18(2)32(30,31)25-19-7-5-8-22(14-19)28-12-10-27(11-13-28)15-21-17-29(26-24-21)16-20-6-3-4-9-23-20/h3-9,14,17-18,25H,10-13,15-16H2,1-2H3. The monoisotopic (exact) mass is 455 g/mol. The van der Waals surface area contributed by atoms with Gasteiger partial charge in [-0.25, -0.2) is 13.1 Å². The zero-order chi connectivity index (χ0) is 22.6. The second-order valence-corrected chi connectivity index (χ2v) is 10.5. The fraction of sp³-hybridized carbons (Fsp3) is 0.409. The van der Waals surface area contributed by atoms with E-state index in [9.17, 15) is 8.42 Å². The van der Waals surface area contributed by atoms with Crippen molar-refractivity contribution in [1.82, 2.24) is 24.9 Å². The predicted molar refractivity (Wildman–Crippen MR) is 125 cm³/mol. The number of pyridine rings is 1. The molecule has 0 spiro atoms. The molecule has 1 aliphatic rings. The molecule has 0 bridgehead atoms. The van der Waals surface area contributed by atoms with Crippen LogP contribution in [0.5, 0.6) is 0 Å². The second kappa shape index (κ2) is 9.66. The zero-order valence-corrected chi connectivity index (χ0v) is 19.2. The average Bonchev–Trinajstić information content (AvgIpc) is 3.21. The molecular weight excluding hydrogens is 426 g/mol. The predicted octanol–water partition coefficient (Wildman–Crippen LogP) is 2.19. The first-order valence-corrected chi connectivity index (χ1v) is 12.3. The molecule has 9 nitrogen and oxygen atoms in total. The molecular formula is C22H29N7O2S. The Hall–Kier alpha value is -2.98. The van der Waals surface area contributed by atoms with Crippen LogP contribution >= 0.6 is 0 Å². The van der Waals surface area contributed by atoms with Crippen LogP contribution in [0.25, 0.3) is 0 Å². The fourth-order valence-corrected chi connectivity index (χ4v) is 4.28. The van der Waals surface area contributed by atoms with Gasteiger partial charge >= 0.3 is 0 Å². The van der Waals surface area contributed by atoms with Crippen molar-refractivity contribution < 1.29 is 8.42 Å². The number of piperazine rings is 1. The molecule has 10 heteroatoms.